The van der Waals surface area contributed by atoms with Gasteiger partial charge in [-0.25, -0.2) is 4.98 Å². The van der Waals surface area contributed by atoms with Crippen molar-refractivity contribution in [1.82, 2.24) is 19.6 Å². The summed E-state index contributed by atoms with van der Waals surface area (Å²) in [4.78, 5) is 6.90. The second-order valence-corrected chi connectivity index (χ2v) is 6.62. The Labute approximate surface area is 119 Å². The lowest BCUT2D eigenvalue weighted by atomic mass is 10.3. The van der Waals surface area contributed by atoms with Crippen molar-refractivity contribution in [3.63, 3.8) is 0 Å². The zero-order valence-corrected chi connectivity index (χ0v) is 12.7. The number of hydrogen-bond donors (Lipinski definition) is 1. The number of nitrogens with zero attached hydrogens (tertiary/aromatic N) is 4. The average Bonchev–Trinajstić information content (AvgIpc) is 3.02. The fraction of sp³-hybridized carbons (Fsp3) is 0.417. The molecule has 7 heteroatoms. The maximum atomic E-state index is 4.58. The number of imidazole rings is 1. The quantitative estimate of drug-likeness (QED) is 0.803. The van der Waals surface area contributed by atoms with Crippen molar-refractivity contribution in [2.24, 2.45) is 0 Å². The molecule has 0 aliphatic rings. The van der Waals surface area contributed by atoms with Crippen molar-refractivity contribution in [1.29, 1.82) is 0 Å². The SMILES string of the molecule is CCc1nnc(NCc2c(C)nc3sc(C)cn23)s1. The van der Waals surface area contributed by atoms with Gasteiger partial charge in [-0.15, -0.1) is 21.5 Å². The maximum Gasteiger partial charge on any atom is 0.205 e. The Bertz CT molecular complexity index is 709. The van der Waals surface area contributed by atoms with Gasteiger partial charge in [0.25, 0.3) is 0 Å². The van der Waals surface area contributed by atoms with Gasteiger partial charge in [0, 0.05) is 11.1 Å². The number of aromatic nitrogens is 4. The van der Waals surface area contributed by atoms with Gasteiger partial charge in [0.15, 0.2) is 4.96 Å². The molecule has 3 aromatic heterocycles. The summed E-state index contributed by atoms with van der Waals surface area (Å²) in [6.45, 7) is 6.96. The first-order chi connectivity index (χ1) is 9.17. The zero-order valence-electron chi connectivity index (χ0n) is 11.1. The van der Waals surface area contributed by atoms with Gasteiger partial charge in [-0.1, -0.05) is 18.3 Å². The molecular weight excluding hydrogens is 278 g/mol. The molecule has 0 saturated heterocycles. The van der Waals surface area contributed by atoms with Crippen LogP contribution in [-0.2, 0) is 13.0 Å². The summed E-state index contributed by atoms with van der Waals surface area (Å²) in [6.07, 6.45) is 3.06. The van der Waals surface area contributed by atoms with Crippen molar-refractivity contribution >= 4 is 32.8 Å². The van der Waals surface area contributed by atoms with Crippen molar-refractivity contribution in [2.45, 2.75) is 33.7 Å². The molecule has 0 aliphatic heterocycles. The first-order valence-electron chi connectivity index (χ1n) is 6.17. The molecule has 0 fully saturated rings. The number of hydrogen-bond acceptors (Lipinski definition) is 6. The largest absolute Gasteiger partial charge is 0.354 e. The Morgan fingerprint density at radius 3 is 2.84 bits per heavy atom. The van der Waals surface area contributed by atoms with Gasteiger partial charge >= 0.3 is 0 Å². The Kier molecular flexibility index (Phi) is 3.24. The van der Waals surface area contributed by atoms with E-state index in [1.54, 1.807) is 22.7 Å². The zero-order chi connectivity index (χ0) is 13.4. The molecule has 3 heterocycles. The van der Waals surface area contributed by atoms with E-state index in [9.17, 15) is 0 Å². The topological polar surface area (TPSA) is 55.1 Å². The van der Waals surface area contributed by atoms with Gasteiger partial charge in [-0.2, -0.15) is 0 Å². The second kappa shape index (κ2) is 4.90. The van der Waals surface area contributed by atoms with Gasteiger partial charge in [0.05, 0.1) is 17.9 Å². The molecule has 0 aromatic carbocycles. The fourth-order valence-corrected chi connectivity index (χ4v) is 3.51. The Hall–Kier alpha value is -1.47. The van der Waals surface area contributed by atoms with Crippen molar-refractivity contribution in [3.8, 4) is 0 Å². The highest BCUT2D eigenvalue weighted by Gasteiger charge is 2.11. The number of nitrogens with one attached hydrogen (secondary N) is 1. The van der Waals surface area contributed by atoms with Crippen molar-refractivity contribution < 1.29 is 0 Å². The normalized spacial score (nSPS) is 11.3. The van der Waals surface area contributed by atoms with Crippen molar-refractivity contribution in [3.05, 3.63) is 27.5 Å². The number of rotatable bonds is 4. The molecule has 5 nitrogen and oxygen atoms in total. The van der Waals surface area contributed by atoms with Crippen LogP contribution in [0.15, 0.2) is 6.20 Å². The predicted molar refractivity (Wildman–Crippen MR) is 79.2 cm³/mol. The highest BCUT2D eigenvalue weighted by molar-refractivity contribution is 7.17. The molecule has 3 aromatic rings. The Balaban J connectivity index is 1.82. The molecule has 0 aliphatic carbocycles. The number of anilines is 1. The van der Waals surface area contributed by atoms with Crippen LogP contribution in [0.1, 0.15) is 28.2 Å². The summed E-state index contributed by atoms with van der Waals surface area (Å²) in [6, 6.07) is 0. The van der Waals surface area contributed by atoms with Crippen LogP contribution in [0.3, 0.4) is 0 Å². The lowest BCUT2D eigenvalue weighted by Gasteiger charge is -2.02. The molecule has 19 heavy (non-hydrogen) atoms. The molecule has 0 atom stereocenters. The van der Waals surface area contributed by atoms with Crippen LogP contribution < -0.4 is 5.32 Å². The molecule has 0 bridgehead atoms. The summed E-state index contributed by atoms with van der Waals surface area (Å²) in [5.74, 6) is 0. The van der Waals surface area contributed by atoms with Crippen LogP contribution in [0.5, 0.6) is 0 Å². The standard InChI is InChI=1S/C12H15N5S2/c1-4-10-15-16-11(19-10)13-5-9-8(3)14-12-17(9)6-7(2)18-12/h6H,4-5H2,1-3H3,(H,13,16). The van der Waals surface area contributed by atoms with Gasteiger partial charge < -0.3 is 5.32 Å². The third-order valence-corrected chi connectivity index (χ3v) is 4.84. The number of aryl methyl sites for hydroxylation is 3. The van der Waals surface area contributed by atoms with Gasteiger partial charge in [-0.3, -0.25) is 4.40 Å². The van der Waals surface area contributed by atoms with Crippen LogP contribution in [0, 0.1) is 13.8 Å². The minimum absolute atomic E-state index is 0.724. The smallest absolute Gasteiger partial charge is 0.205 e. The van der Waals surface area contributed by atoms with E-state index in [1.165, 1.54) is 10.6 Å². The first kappa shape index (κ1) is 12.6. The summed E-state index contributed by atoms with van der Waals surface area (Å²) >= 11 is 3.33. The summed E-state index contributed by atoms with van der Waals surface area (Å²) in [5, 5.41) is 13.5. The van der Waals surface area contributed by atoms with Crippen LogP contribution in [0.4, 0.5) is 5.13 Å². The molecule has 1 N–H and O–H groups in total. The molecule has 0 saturated carbocycles. The monoisotopic (exact) mass is 293 g/mol. The van der Waals surface area contributed by atoms with E-state index in [2.05, 4.69) is 44.9 Å². The van der Waals surface area contributed by atoms with E-state index in [0.29, 0.717) is 0 Å². The van der Waals surface area contributed by atoms with Crippen molar-refractivity contribution in [2.75, 3.05) is 5.32 Å². The van der Waals surface area contributed by atoms with E-state index in [4.69, 9.17) is 0 Å². The predicted octanol–water partition coefficient (Wildman–Crippen LogP) is 3.04. The van der Waals surface area contributed by atoms with Crippen LogP contribution >= 0.6 is 22.7 Å². The number of thiazole rings is 1. The summed E-state index contributed by atoms with van der Waals surface area (Å²) < 4.78 is 2.16. The summed E-state index contributed by atoms with van der Waals surface area (Å²) in [7, 11) is 0. The van der Waals surface area contributed by atoms with Gasteiger partial charge in [-0.05, 0) is 20.3 Å². The van der Waals surface area contributed by atoms with E-state index in [1.807, 2.05) is 6.92 Å². The Morgan fingerprint density at radius 2 is 2.11 bits per heavy atom. The third-order valence-electron chi connectivity index (χ3n) is 2.92. The molecular formula is C12H15N5S2. The minimum Gasteiger partial charge on any atom is -0.354 e. The maximum absolute atomic E-state index is 4.58. The molecule has 3 rings (SSSR count). The van der Waals surface area contributed by atoms with Gasteiger partial charge in [0.2, 0.25) is 5.13 Å². The first-order valence-corrected chi connectivity index (χ1v) is 7.81. The summed E-state index contributed by atoms with van der Waals surface area (Å²) in [5.41, 5.74) is 2.26. The third kappa shape index (κ3) is 2.35. The van der Waals surface area contributed by atoms with E-state index < -0.39 is 0 Å². The van der Waals surface area contributed by atoms with Crippen LogP contribution in [0.25, 0.3) is 4.96 Å². The molecule has 0 radical (unpaired) electrons. The van der Waals surface area contributed by atoms with Gasteiger partial charge in [0.1, 0.15) is 5.01 Å². The lowest BCUT2D eigenvalue weighted by molar-refractivity contribution is 0.954. The second-order valence-electron chi connectivity index (χ2n) is 4.35. The molecule has 0 spiro atoms. The van der Waals surface area contributed by atoms with E-state index >= 15 is 0 Å². The Morgan fingerprint density at radius 1 is 1.26 bits per heavy atom. The van der Waals surface area contributed by atoms with Crippen LogP contribution in [0.2, 0.25) is 0 Å². The van der Waals surface area contributed by atoms with Crippen LogP contribution in [-0.4, -0.2) is 19.6 Å². The number of fused-ring (bicyclic) bond motifs is 1. The fourth-order valence-electron chi connectivity index (χ4n) is 1.95. The molecule has 0 amide bonds. The highest BCUT2D eigenvalue weighted by atomic mass is 32.1. The average molecular weight is 293 g/mol. The highest BCUT2D eigenvalue weighted by Crippen LogP contribution is 2.22. The lowest BCUT2D eigenvalue weighted by Crippen LogP contribution is -2.03. The van der Waals surface area contributed by atoms with E-state index in [0.717, 1.165) is 33.8 Å². The molecule has 0 unspecified atom stereocenters. The minimum atomic E-state index is 0.724. The van der Waals surface area contributed by atoms with E-state index in [-0.39, 0.29) is 0 Å². The molecule has 100 valence electrons.